The van der Waals surface area contributed by atoms with Gasteiger partial charge in [-0.05, 0) is 23.8 Å². The van der Waals surface area contributed by atoms with Crippen LogP contribution in [0.2, 0.25) is 5.02 Å². The summed E-state index contributed by atoms with van der Waals surface area (Å²) in [4.78, 5) is 26.3. The molecule has 0 bridgehead atoms. The first kappa shape index (κ1) is 14.9. The third-order valence-electron chi connectivity index (χ3n) is 3.11. The summed E-state index contributed by atoms with van der Waals surface area (Å²) in [6.45, 7) is 0. The normalized spacial score (nSPS) is 15.4. The topological polar surface area (TPSA) is 81.8 Å². The first-order valence-corrected chi connectivity index (χ1v) is 6.94. The van der Waals surface area contributed by atoms with Crippen LogP contribution in [-0.2, 0) is 9.53 Å². The van der Waals surface area contributed by atoms with E-state index in [1.807, 2.05) is 30.3 Å². The second kappa shape index (κ2) is 6.02. The molecule has 2 aromatic rings. The maximum atomic E-state index is 11.9. The van der Waals surface area contributed by atoms with Gasteiger partial charge in [0.15, 0.2) is 5.70 Å². The fourth-order valence-electron chi connectivity index (χ4n) is 2.03. The van der Waals surface area contributed by atoms with Gasteiger partial charge < -0.3 is 4.74 Å². The number of aliphatic imine (C=N–C) groups is 1. The first-order chi connectivity index (χ1) is 11.0. The lowest BCUT2D eigenvalue weighted by Gasteiger charge is -2.00. The van der Waals surface area contributed by atoms with Gasteiger partial charge in [-0.1, -0.05) is 41.9 Å². The maximum Gasteiger partial charge on any atom is 0.363 e. The number of cyclic esters (lactones) is 1. The number of hydrogen-bond donors (Lipinski definition) is 0. The molecule has 0 saturated carbocycles. The van der Waals surface area contributed by atoms with Gasteiger partial charge in [0.25, 0.3) is 5.69 Å². The number of benzene rings is 2. The molecule has 0 spiro atoms. The maximum absolute atomic E-state index is 11.9. The Balaban J connectivity index is 1.97. The zero-order valence-electron chi connectivity index (χ0n) is 11.6. The van der Waals surface area contributed by atoms with Crippen LogP contribution in [0.1, 0.15) is 11.1 Å². The number of carbonyl (C=O) groups is 1. The number of hydrogen-bond acceptors (Lipinski definition) is 5. The highest BCUT2D eigenvalue weighted by atomic mass is 35.5. The van der Waals surface area contributed by atoms with Crippen LogP contribution < -0.4 is 0 Å². The smallest absolute Gasteiger partial charge is 0.363 e. The summed E-state index contributed by atoms with van der Waals surface area (Å²) >= 11 is 5.76. The van der Waals surface area contributed by atoms with E-state index in [1.54, 1.807) is 6.08 Å². The molecule has 0 amide bonds. The lowest BCUT2D eigenvalue weighted by Crippen LogP contribution is -2.06. The molecule has 0 saturated heterocycles. The van der Waals surface area contributed by atoms with Crippen molar-refractivity contribution >= 4 is 35.2 Å². The van der Waals surface area contributed by atoms with E-state index < -0.39 is 10.9 Å². The van der Waals surface area contributed by atoms with E-state index in [0.717, 1.165) is 5.56 Å². The number of esters is 1. The average Bonchev–Trinajstić information content (AvgIpc) is 2.89. The van der Waals surface area contributed by atoms with Crippen LogP contribution in [0.5, 0.6) is 0 Å². The summed E-state index contributed by atoms with van der Waals surface area (Å²) in [6, 6.07) is 13.3. The number of halogens is 1. The molecule has 1 heterocycles. The summed E-state index contributed by atoms with van der Waals surface area (Å²) in [7, 11) is 0. The van der Waals surface area contributed by atoms with Crippen molar-refractivity contribution in [1.29, 1.82) is 0 Å². The van der Waals surface area contributed by atoms with Crippen molar-refractivity contribution in [2.45, 2.75) is 0 Å². The monoisotopic (exact) mass is 328 g/mol. The standard InChI is InChI=1S/C16H9ClN2O4/c17-12-7-6-11(9-14(12)19(21)22)15-18-13(16(20)23-15)8-10-4-2-1-3-5-10/h1-9H. The van der Waals surface area contributed by atoms with Gasteiger partial charge in [0.05, 0.1) is 4.92 Å². The fraction of sp³-hybridized carbons (Fsp3) is 0. The molecule has 0 unspecified atom stereocenters. The molecular weight excluding hydrogens is 320 g/mol. The number of nitro benzene ring substituents is 1. The summed E-state index contributed by atoms with van der Waals surface area (Å²) in [5.41, 5.74) is 0.963. The second-order valence-corrected chi connectivity index (χ2v) is 5.08. The van der Waals surface area contributed by atoms with E-state index in [2.05, 4.69) is 4.99 Å². The molecule has 0 N–H and O–H groups in total. The predicted octanol–water partition coefficient (Wildman–Crippen LogP) is 3.59. The number of carbonyl (C=O) groups excluding carboxylic acids is 1. The molecule has 0 fully saturated rings. The van der Waals surface area contributed by atoms with Crippen molar-refractivity contribution in [2.75, 3.05) is 0 Å². The number of nitrogens with zero attached hydrogens (tertiary/aromatic N) is 2. The van der Waals surface area contributed by atoms with Crippen molar-refractivity contribution in [3.05, 3.63) is 80.5 Å². The lowest BCUT2D eigenvalue weighted by molar-refractivity contribution is -0.384. The molecule has 0 atom stereocenters. The van der Waals surface area contributed by atoms with E-state index in [-0.39, 0.29) is 22.3 Å². The third-order valence-corrected chi connectivity index (χ3v) is 3.43. The Morgan fingerprint density at radius 3 is 2.61 bits per heavy atom. The SMILES string of the molecule is O=C1OC(c2ccc(Cl)c([N+](=O)[O-])c2)=NC1=Cc1ccccc1. The van der Waals surface area contributed by atoms with Crippen molar-refractivity contribution in [2.24, 2.45) is 4.99 Å². The minimum absolute atomic E-state index is 0.00345. The number of ether oxygens (including phenoxy) is 1. The Morgan fingerprint density at radius 2 is 1.91 bits per heavy atom. The van der Waals surface area contributed by atoms with E-state index in [9.17, 15) is 14.9 Å². The first-order valence-electron chi connectivity index (χ1n) is 6.56. The Bertz CT molecular complexity index is 860. The molecule has 7 heteroatoms. The highest BCUT2D eigenvalue weighted by Crippen LogP contribution is 2.27. The summed E-state index contributed by atoms with van der Waals surface area (Å²) < 4.78 is 5.08. The van der Waals surface area contributed by atoms with Gasteiger partial charge in [-0.2, -0.15) is 0 Å². The van der Waals surface area contributed by atoms with E-state index >= 15 is 0 Å². The molecule has 1 aliphatic heterocycles. The molecule has 23 heavy (non-hydrogen) atoms. The van der Waals surface area contributed by atoms with Gasteiger partial charge in [0.2, 0.25) is 5.90 Å². The fourth-order valence-corrected chi connectivity index (χ4v) is 2.21. The van der Waals surface area contributed by atoms with Crippen molar-refractivity contribution in [3.8, 4) is 0 Å². The Hall–Kier alpha value is -2.99. The van der Waals surface area contributed by atoms with Crippen LogP contribution in [-0.4, -0.2) is 16.8 Å². The van der Waals surface area contributed by atoms with Gasteiger partial charge in [0.1, 0.15) is 5.02 Å². The average molecular weight is 329 g/mol. The summed E-state index contributed by atoms with van der Waals surface area (Å²) in [5.74, 6) is -0.599. The summed E-state index contributed by atoms with van der Waals surface area (Å²) in [5, 5.41) is 10.9. The number of nitro groups is 1. The van der Waals surface area contributed by atoms with Crippen LogP contribution in [0.4, 0.5) is 5.69 Å². The lowest BCUT2D eigenvalue weighted by atomic mass is 10.2. The highest BCUT2D eigenvalue weighted by molar-refractivity contribution is 6.32. The molecule has 1 aliphatic rings. The van der Waals surface area contributed by atoms with Gasteiger partial charge in [0, 0.05) is 11.6 Å². The van der Waals surface area contributed by atoms with Crippen molar-refractivity contribution < 1.29 is 14.5 Å². The largest absolute Gasteiger partial charge is 0.402 e. The van der Waals surface area contributed by atoms with E-state index in [1.165, 1.54) is 18.2 Å². The minimum Gasteiger partial charge on any atom is -0.402 e. The predicted molar refractivity (Wildman–Crippen MR) is 85.2 cm³/mol. The minimum atomic E-state index is -0.610. The molecule has 0 radical (unpaired) electrons. The highest BCUT2D eigenvalue weighted by Gasteiger charge is 2.26. The van der Waals surface area contributed by atoms with Gasteiger partial charge >= 0.3 is 5.97 Å². The van der Waals surface area contributed by atoms with Crippen LogP contribution in [0, 0.1) is 10.1 Å². The molecule has 6 nitrogen and oxygen atoms in total. The molecule has 3 rings (SSSR count). The van der Waals surface area contributed by atoms with Gasteiger partial charge in [-0.15, -0.1) is 0 Å². The zero-order chi connectivity index (χ0) is 16.4. The zero-order valence-corrected chi connectivity index (χ0v) is 12.4. The van der Waals surface area contributed by atoms with E-state index in [0.29, 0.717) is 5.56 Å². The Kier molecular flexibility index (Phi) is 3.91. The van der Waals surface area contributed by atoms with E-state index in [4.69, 9.17) is 16.3 Å². The molecule has 2 aromatic carbocycles. The molecule has 0 aliphatic carbocycles. The van der Waals surface area contributed by atoms with Gasteiger partial charge in [-0.3, -0.25) is 10.1 Å². The van der Waals surface area contributed by atoms with Crippen LogP contribution in [0.3, 0.4) is 0 Å². The van der Waals surface area contributed by atoms with Crippen LogP contribution >= 0.6 is 11.6 Å². The van der Waals surface area contributed by atoms with Gasteiger partial charge in [-0.25, -0.2) is 9.79 Å². The van der Waals surface area contributed by atoms with Crippen molar-refractivity contribution in [3.63, 3.8) is 0 Å². The number of rotatable bonds is 3. The molecular formula is C16H9ClN2O4. The van der Waals surface area contributed by atoms with Crippen molar-refractivity contribution in [1.82, 2.24) is 0 Å². The second-order valence-electron chi connectivity index (χ2n) is 4.67. The quantitative estimate of drug-likeness (QED) is 0.373. The Morgan fingerprint density at radius 1 is 1.17 bits per heavy atom. The summed E-state index contributed by atoms with van der Waals surface area (Å²) in [6.07, 6.45) is 1.58. The molecule has 114 valence electrons. The third kappa shape index (κ3) is 3.12. The Labute approximate surface area is 135 Å². The molecule has 0 aromatic heterocycles. The van der Waals surface area contributed by atoms with Crippen LogP contribution in [0.25, 0.3) is 6.08 Å². The van der Waals surface area contributed by atoms with Crippen LogP contribution in [0.15, 0.2) is 59.2 Å².